The largest absolute Gasteiger partial charge is 0.483 e. The predicted octanol–water partition coefficient (Wildman–Crippen LogP) is 3.13. The number of ether oxygens (including phenoxy) is 1. The maximum Gasteiger partial charge on any atom is 0.277 e. The zero-order valence-electron chi connectivity index (χ0n) is 15.9. The minimum absolute atomic E-state index is 0.0939. The van der Waals surface area contributed by atoms with Crippen molar-refractivity contribution in [1.29, 1.82) is 0 Å². The first-order valence-electron chi connectivity index (χ1n) is 8.80. The second-order valence-corrected chi connectivity index (χ2v) is 6.31. The first kappa shape index (κ1) is 20.2. The van der Waals surface area contributed by atoms with Crippen LogP contribution in [0.5, 0.6) is 5.75 Å². The van der Waals surface area contributed by atoms with Gasteiger partial charge in [-0.1, -0.05) is 48.5 Å². The number of hydrazone groups is 1. The molecule has 0 spiro atoms. The number of carbonyl (C=O) groups is 2. The number of hydrogen-bond donors (Lipinski definition) is 2. The van der Waals surface area contributed by atoms with E-state index in [-0.39, 0.29) is 30.9 Å². The number of benzene rings is 2. The third kappa shape index (κ3) is 6.93. The molecule has 0 aliphatic rings. The summed E-state index contributed by atoms with van der Waals surface area (Å²) in [4.78, 5) is 23.9. The molecule has 2 aromatic rings. The summed E-state index contributed by atoms with van der Waals surface area (Å²) < 4.78 is 5.45. The van der Waals surface area contributed by atoms with Crippen LogP contribution in [0.2, 0.25) is 0 Å². The van der Waals surface area contributed by atoms with Crippen LogP contribution in [0.15, 0.2) is 59.7 Å². The van der Waals surface area contributed by atoms with Crippen molar-refractivity contribution in [1.82, 2.24) is 10.7 Å². The molecule has 6 nitrogen and oxygen atoms in total. The minimum atomic E-state index is -0.379. The van der Waals surface area contributed by atoms with E-state index in [1.807, 2.05) is 62.4 Å². The van der Waals surface area contributed by atoms with Gasteiger partial charge in [0.25, 0.3) is 5.91 Å². The Morgan fingerprint density at radius 2 is 1.70 bits per heavy atom. The van der Waals surface area contributed by atoms with Gasteiger partial charge in [-0.05, 0) is 38.0 Å². The van der Waals surface area contributed by atoms with Crippen LogP contribution < -0.4 is 15.5 Å². The lowest BCUT2D eigenvalue weighted by atomic mass is 10.1. The molecule has 142 valence electrons. The highest BCUT2D eigenvalue weighted by Gasteiger charge is 2.10. The first-order valence-corrected chi connectivity index (χ1v) is 8.80. The Hall–Kier alpha value is -3.15. The van der Waals surface area contributed by atoms with Crippen molar-refractivity contribution >= 4 is 17.5 Å². The van der Waals surface area contributed by atoms with Crippen LogP contribution in [0.25, 0.3) is 0 Å². The van der Waals surface area contributed by atoms with Crippen LogP contribution in [0.3, 0.4) is 0 Å². The van der Waals surface area contributed by atoms with E-state index in [9.17, 15) is 9.59 Å². The topological polar surface area (TPSA) is 79.8 Å². The van der Waals surface area contributed by atoms with E-state index >= 15 is 0 Å². The number of nitrogens with one attached hydrogen (secondary N) is 2. The number of rotatable bonds is 8. The highest BCUT2D eigenvalue weighted by molar-refractivity contribution is 6.00. The van der Waals surface area contributed by atoms with Gasteiger partial charge in [0.1, 0.15) is 5.75 Å². The molecule has 0 fully saturated rings. The molecule has 2 aromatic carbocycles. The fourth-order valence-corrected chi connectivity index (χ4v) is 2.44. The van der Waals surface area contributed by atoms with Gasteiger partial charge in [-0.3, -0.25) is 9.59 Å². The summed E-state index contributed by atoms with van der Waals surface area (Å²) in [6.07, 6.45) is 0.107. The number of amides is 2. The van der Waals surface area contributed by atoms with Gasteiger partial charge >= 0.3 is 0 Å². The summed E-state index contributed by atoms with van der Waals surface area (Å²) in [5.41, 5.74) is 4.90. The van der Waals surface area contributed by atoms with Crippen LogP contribution in [0, 0.1) is 6.92 Å². The van der Waals surface area contributed by atoms with Gasteiger partial charge in [-0.2, -0.15) is 5.10 Å². The van der Waals surface area contributed by atoms with Crippen molar-refractivity contribution < 1.29 is 14.3 Å². The zero-order chi connectivity index (χ0) is 19.6. The fourth-order valence-electron chi connectivity index (χ4n) is 2.44. The summed E-state index contributed by atoms with van der Waals surface area (Å²) in [6, 6.07) is 17.1. The van der Waals surface area contributed by atoms with Crippen LogP contribution in [-0.4, -0.2) is 24.1 Å². The predicted molar refractivity (Wildman–Crippen MR) is 106 cm³/mol. The molecule has 2 amide bonds. The monoisotopic (exact) mass is 367 g/mol. The Bertz CT molecular complexity index is 803. The smallest absolute Gasteiger partial charge is 0.277 e. The molecule has 2 N–H and O–H groups in total. The number of hydrogen-bond acceptors (Lipinski definition) is 4. The lowest BCUT2D eigenvalue weighted by molar-refractivity contribution is -0.123. The molecule has 0 aromatic heterocycles. The Balaban J connectivity index is 1.75. The van der Waals surface area contributed by atoms with Crippen molar-refractivity contribution in [2.24, 2.45) is 5.10 Å². The Morgan fingerprint density at radius 1 is 1.04 bits per heavy atom. The van der Waals surface area contributed by atoms with Gasteiger partial charge in [0.15, 0.2) is 6.61 Å². The van der Waals surface area contributed by atoms with E-state index in [1.165, 1.54) is 0 Å². The highest BCUT2D eigenvalue weighted by Crippen LogP contribution is 2.15. The van der Waals surface area contributed by atoms with Gasteiger partial charge in [0, 0.05) is 5.71 Å². The van der Waals surface area contributed by atoms with Crippen LogP contribution >= 0.6 is 0 Å². The second-order valence-electron chi connectivity index (χ2n) is 6.31. The molecule has 0 bridgehead atoms. The highest BCUT2D eigenvalue weighted by atomic mass is 16.5. The molecule has 1 unspecified atom stereocenters. The molecule has 0 aliphatic heterocycles. The van der Waals surface area contributed by atoms with E-state index in [0.29, 0.717) is 11.5 Å². The quantitative estimate of drug-likeness (QED) is 0.556. The minimum Gasteiger partial charge on any atom is -0.483 e. The van der Waals surface area contributed by atoms with Gasteiger partial charge in [0.2, 0.25) is 5.91 Å². The lowest BCUT2D eigenvalue weighted by Gasteiger charge is -2.14. The average Bonchev–Trinajstić information content (AvgIpc) is 2.66. The van der Waals surface area contributed by atoms with E-state index in [1.54, 1.807) is 13.0 Å². The molecule has 0 aliphatic carbocycles. The molecule has 0 heterocycles. The maximum atomic E-state index is 12.1. The van der Waals surface area contributed by atoms with Gasteiger partial charge in [-0.25, -0.2) is 5.43 Å². The number of aryl methyl sites for hydroxylation is 1. The molecule has 1 atom stereocenters. The molecule has 2 rings (SSSR count). The van der Waals surface area contributed by atoms with Crippen molar-refractivity contribution in [2.75, 3.05) is 6.61 Å². The molecule has 0 saturated heterocycles. The normalized spacial score (nSPS) is 12.2. The zero-order valence-corrected chi connectivity index (χ0v) is 15.9. The molecule has 27 heavy (non-hydrogen) atoms. The molecule has 0 radical (unpaired) electrons. The standard InChI is InChI=1S/C21H25N3O3/c1-15-9-7-8-12-19(15)27-14-21(26)24-23-16(2)13-20(25)22-17(3)18-10-5-4-6-11-18/h4-12,17H,13-14H2,1-3H3,(H,22,25)(H,24,26). The molecular formula is C21H25N3O3. The van der Waals surface area contributed by atoms with E-state index in [2.05, 4.69) is 15.8 Å². The summed E-state index contributed by atoms with van der Waals surface area (Å²) >= 11 is 0. The Labute approximate surface area is 159 Å². The number of para-hydroxylation sites is 1. The molecule has 6 heteroatoms. The Morgan fingerprint density at radius 3 is 2.41 bits per heavy atom. The lowest BCUT2D eigenvalue weighted by Crippen LogP contribution is -2.29. The Kier molecular flexibility index (Phi) is 7.55. The summed E-state index contributed by atoms with van der Waals surface area (Å²) in [5.74, 6) is 0.122. The second kappa shape index (κ2) is 10.1. The van der Waals surface area contributed by atoms with Crippen molar-refractivity contribution in [2.45, 2.75) is 33.2 Å². The van der Waals surface area contributed by atoms with Crippen molar-refractivity contribution in [3.63, 3.8) is 0 Å². The average molecular weight is 367 g/mol. The summed E-state index contributed by atoms with van der Waals surface area (Å²) in [5, 5.41) is 6.87. The van der Waals surface area contributed by atoms with Gasteiger partial charge in [-0.15, -0.1) is 0 Å². The third-order valence-corrected chi connectivity index (χ3v) is 3.92. The first-order chi connectivity index (χ1) is 13.0. The van der Waals surface area contributed by atoms with E-state index in [0.717, 1.165) is 11.1 Å². The van der Waals surface area contributed by atoms with Crippen molar-refractivity contribution in [3.05, 3.63) is 65.7 Å². The summed E-state index contributed by atoms with van der Waals surface area (Å²) in [7, 11) is 0. The van der Waals surface area contributed by atoms with Gasteiger partial charge in [0.05, 0.1) is 12.5 Å². The summed E-state index contributed by atoms with van der Waals surface area (Å²) in [6.45, 7) is 5.38. The number of carbonyl (C=O) groups excluding carboxylic acids is 2. The van der Waals surface area contributed by atoms with Crippen LogP contribution in [0.4, 0.5) is 0 Å². The number of nitrogens with zero attached hydrogens (tertiary/aromatic N) is 1. The molecular weight excluding hydrogens is 342 g/mol. The third-order valence-electron chi connectivity index (χ3n) is 3.92. The van der Waals surface area contributed by atoms with E-state index < -0.39 is 0 Å². The fraction of sp³-hybridized carbons (Fsp3) is 0.286. The SMILES string of the molecule is CC(CC(=O)NC(C)c1ccccc1)=NNC(=O)COc1ccccc1C. The maximum absolute atomic E-state index is 12.1. The van der Waals surface area contributed by atoms with Gasteiger partial charge < -0.3 is 10.1 Å². The van der Waals surface area contributed by atoms with Crippen LogP contribution in [0.1, 0.15) is 37.4 Å². The van der Waals surface area contributed by atoms with Crippen LogP contribution in [-0.2, 0) is 9.59 Å². The van der Waals surface area contributed by atoms with Crippen molar-refractivity contribution in [3.8, 4) is 5.75 Å². The van der Waals surface area contributed by atoms with E-state index in [4.69, 9.17) is 4.74 Å². The molecule has 0 saturated carbocycles.